The monoisotopic (exact) mass is 339 g/mol. The van der Waals surface area contributed by atoms with Gasteiger partial charge in [0, 0.05) is 10.9 Å². The van der Waals surface area contributed by atoms with E-state index in [0.717, 1.165) is 16.5 Å². The molecule has 0 atom stereocenters. The second-order valence-corrected chi connectivity index (χ2v) is 5.97. The molecule has 0 fully saturated rings. The van der Waals surface area contributed by atoms with Crippen LogP contribution in [-0.4, -0.2) is 15.0 Å². The normalized spacial score (nSPS) is 10.8. The molecule has 3 heterocycles. The van der Waals surface area contributed by atoms with E-state index in [9.17, 15) is 0 Å². The zero-order valence-corrected chi connectivity index (χ0v) is 13.4. The van der Waals surface area contributed by atoms with Crippen molar-refractivity contribution in [2.75, 3.05) is 0 Å². The van der Waals surface area contributed by atoms with Gasteiger partial charge in [-0.2, -0.15) is 16.3 Å². The van der Waals surface area contributed by atoms with Gasteiger partial charge in [-0.15, -0.1) is 0 Å². The number of halogens is 1. The first kappa shape index (κ1) is 14.1. The highest BCUT2D eigenvalue weighted by Crippen LogP contribution is 2.30. The Morgan fingerprint density at radius 3 is 2.70 bits per heavy atom. The number of ether oxygens (including phenoxy) is 1. The van der Waals surface area contributed by atoms with E-state index < -0.39 is 0 Å². The van der Waals surface area contributed by atoms with Gasteiger partial charge in [-0.1, -0.05) is 23.7 Å². The molecule has 0 aliphatic carbocycles. The van der Waals surface area contributed by atoms with E-state index in [1.165, 1.54) is 0 Å². The summed E-state index contributed by atoms with van der Waals surface area (Å²) < 4.78 is 5.92. The lowest BCUT2D eigenvalue weighted by atomic mass is 10.2. The van der Waals surface area contributed by atoms with E-state index >= 15 is 0 Å². The number of pyridine rings is 1. The number of rotatable bonds is 3. The largest absolute Gasteiger partial charge is 0.437 e. The Bertz CT molecular complexity index is 955. The molecule has 0 unspecified atom stereocenters. The summed E-state index contributed by atoms with van der Waals surface area (Å²) >= 11 is 7.42. The summed E-state index contributed by atoms with van der Waals surface area (Å²) in [4.78, 5) is 13.2. The van der Waals surface area contributed by atoms with Crippen LogP contribution in [0.3, 0.4) is 0 Å². The van der Waals surface area contributed by atoms with Crippen molar-refractivity contribution in [3.63, 3.8) is 0 Å². The molecular formula is C17H10ClN3OS. The van der Waals surface area contributed by atoms with Gasteiger partial charge < -0.3 is 4.74 Å². The zero-order chi connectivity index (χ0) is 15.6. The number of aromatic nitrogens is 3. The maximum absolute atomic E-state index is 5.92. The van der Waals surface area contributed by atoms with Gasteiger partial charge in [0.05, 0.1) is 17.1 Å². The second kappa shape index (κ2) is 5.95. The van der Waals surface area contributed by atoms with Crippen molar-refractivity contribution in [1.82, 2.24) is 15.0 Å². The Balaban J connectivity index is 1.84. The molecular weight excluding hydrogens is 330 g/mol. The van der Waals surface area contributed by atoms with Gasteiger partial charge in [0.2, 0.25) is 5.88 Å². The summed E-state index contributed by atoms with van der Waals surface area (Å²) in [6.07, 6.45) is 1.57. The minimum atomic E-state index is 0.420. The molecule has 0 amide bonds. The number of hydrogen-bond donors (Lipinski definition) is 0. The fraction of sp³-hybridized carbons (Fsp3) is 0. The van der Waals surface area contributed by atoms with Crippen LogP contribution in [-0.2, 0) is 0 Å². The summed E-state index contributed by atoms with van der Waals surface area (Å²) in [7, 11) is 0. The van der Waals surface area contributed by atoms with Crippen molar-refractivity contribution < 1.29 is 4.74 Å². The first-order chi connectivity index (χ1) is 11.3. The van der Waals surface area contributed by atoms with Crippen molar-refractivity contribution in [2.45, 2.75) is 0 Å². The number of benzene rings is 1. The number of thiophene rings is 1. The van der Waals surface area contributed by atoms with Crippen LogP contribution in [0.1, 0.15) is 0 Å². The van der Waals surface area contributed by atoms with Gasteiger partial charge in [0.25, 0.3) is 0 Å². The van der Waals surface area contributed by atoms with Crippen molar-refractivity contribution in [1.29, 1.82) is 0 Å². The van der Waals surface area contributed by atoms with Crippen LogP contribution in [0.2, 0.25) is 5.15 Å². The lowest BCUT2D eigenvalue weighted by molar-refractivity contribution is 0.467. The van der Waals surface area contributed by atoms with E-state index in [0.29, 0.717) is 22.6 Å². The van der Waals surface area contributed by atoms with Crippen LogP contribution in [0.15, 0.2) is 59.4 Å². The molecule has 23 heavy (non-hydrogen) atoms. The molecule has 6 heteroatoms. The van der Waals surface area contributed by atoms with Gasteiger partial charge >= 0.3 is 0 Å². The van der Waals surface area contributed by atoms with Gasteiger partial charge in [-0.25, -0.2) is 9.97 Å². The highest BCUT2D eigenvalue weighted by Gasteiger charge is 2.11. The Morgan fingerprint density at radius 1 is 1.00 bits per heavy atom. The first-order valence-corrected chi connectivity index (χ1v) is 8.20. The maximum Gasteiger partial charge on any atom is 0.230 e. The van der Waals surface area contributed by atoms with E-state index in [1.807, 2.05) is 41.1 Å². The fourth-order valence-corrected chi connectivity index (χ4v) is 2.93. The van der Waals surface area contributed by atoms with Crippen LogP contribution in [0, 0.1) is 0 Å². The SMILES string of the molecule is Clc1ccc(Oc2nc(-c3ccsc3)nc3ccccc23)cn1. The van der Waals surface area contributed by atoms with Crippen molar-refractivity contribution in [2.24, 2.45) is 0 Å². The van der Waals surface area contributed by atoms with Crippen molar-refractivity contribution in [3.05, 3.63) is 64.6 Å². The predicted octanol–water partition coefficient (Wildman–Crippen LogP) is 5.20. The molecule has 4 aromatic rings. The molecule has 4 rings (SSSR count). The number of hydrogen-bond acceptors (Lipinski definition) is 5. The van der Waals surface area contributed by atoms with Crippen molar-refractivity contribution in [3.8, 4) is 23.0 Å². The van der Waals surface area contributed by atoms with Crippen LogP contribution >= 0.6 is 22.9 Å². The molecule has 112 valence electrons. The molecule has 1 aromatic carbocycles. The summed E-state index contributed by atoms with van der Waals surface area (Å²) in [6.45, 7) is 0. The van der Waals surface area contributed by atoms with E-state index in [-0.39, 0.29) is 0 Å². The van der Waals surface area contributed by atoms with Gasteiger partial charge in [-0.05, 0) is 35.7 Å². The van der Waals surface area contributed by atoms with E-state index in [1.54, 1.807) is 29.7 Å². The lowest BCUT2D eigenvalue weighted by Crippen LogP contribution is -1.95. The van der Waals surface area contributed by atoms with Crippen LogP contribution in [0.4, 0.5) is 0 Å². The highest BCUT2D eigenvalue weighted by atomic mass is 35.5. The van der Waals surface area contributed by atoms with Crippen LogP contribution in [0.5, 0.6) is 11.6 Å². The molecule has 0 N–H and O–H groups in total. The molecule has 0 aliphatic rings. The topological polar surface area (TPSA) is 47.9 Å². The van der Waals surface area contributed by atoms with Crippen LogP contribution in [0.25, 0.3) is 22.3 Å². The standard InChI is InChI=1S/C17H10ClN3OS/c18-15-6-5-12(9-19-15)22-17-13-3-1-2-4-14(13)20-16(21-17)11-7-8-23-10-11/h1-10H. The average Bonchev–Trinajstić information content (AvgIpc) is 3.11. The summed E-state index contributed by atoms with van der Waals surface area (Å²) in [5, 5.41) is 5.28. The Labute approximate surface area is 141 Å². The second-order valence-electron chi connectivity index (χ2n) is 4.80. The number of para-hydroxylation sites is 1. The molecule has 0 saturated heterocycles. The molecule has 0 radical (unpaired) electrons. The lowest BCUT2D eigenvalue weighted by Gasteiger charge is -2.09. The Kier molecular flexibility index (Phi) is 3.65. The zero-order valence-electron chi connectivity index (χ0n) is 11.8. The van der Waals surface area contributed by atoms with E-state index in [4.69, 9.17) is 16.3 Å². The van der Waals surface area contributed by atoms with Gasteiger partial charge in [0.1, 0.15) is 10.9 Å². The third-order valence-corrected chi connectivity index (χ3v) is 4.17. The number of fused-ring (bicyclic) bond motifs is 1. The smallest absolute Gasteiger partial charge is 0.230 e. The molecule has 0 saturated carbocycles. The third kappa shape index (κ3) is 2.88. The fourth-order valence-electron chi connectivity index (χ4n) is 2.18. The minimum absolute atomic E-state index is 0.420. The summed E-state index contributed by atoms with van der Waals surface area (Å²) in [6, 6.07) is 13.2. The third-order valence-electron chi connectivity index (χ3n) is 3.26. The van der Waals surface area contributed by atoms with Gasteiger partial charge in [0.15, 0.2) is 5.82 Å². The van der Waals surface area contributed by atoms with Crippen LogP contribution < -0.4 is 4.74 Å². The Morgan fingerprint density at radius 2 is 1.91 bits per heavy atom. The van der Waals surface area contributed by atoms with E-state index in [2.05, 4.69) is 15.0 Å². The minimum Gasteiger partial charge on any atom is -0.437 e. The highest BCUT2D eigenvalue weighted by molar-refractivity contribution is 7.08. The molecule has 0 spiro atoms. The summed E-state index contributed by atoms with van der Waals surface area (Å²) in [5.74, 6) is 1.72. The quantitative estimate of drug-likeness (QED) is 0.481. The maximum atomic E-state index is 5.92. The predicted molar refractivity (Wildman–Crippen MR) is 92.2 cm³/mol. The van der Waals surface area contributed by atoms with Crippen molar-refractivity contribution >= 4 is 33.8 Å². The molecule has 0 aliphatic heterocycles. The summed E-state index contributed by atoms with van der Waals surface area (Å²) in [5.41, 5.74) is 1.81. The Hall–Kier alpha value is -2.50. The number of nitrogens with zero attached hydrogens (tertiary/aromatic N) is 3. The first-order valence-electron chi connectivity index (χ1n) is 6.88. The molecule has 3 aromatic heterocycles. The average molecular weight is 340 g/mol. The molecule has 0 bridgehead atoms. The molecule has 4 nitrogen and oxygen atoms in total. The van der Waals surface area contributed by atoms with Gasteiger partial charge in [-0.3, -0.25) is 0 Å².